The smallest absolute Gasteiger partial charge is 0.251 e. The highest BCUT2D eigenvalue weighted by Crippen LogP contribution is 1.99. The number of hydrazone groups is 1. The van der Waals surface area contributed by atoms with Crippen LogP contribution in [0, 0.1) is 0 Å². The lowest BCUT2D eigenvalue weighted by Crippen LogP contribution is -2.08. The molecule has 0 fully saturated rings. The zero-order chi connectivity index (χ0) is 12.0. The summed E-state index contributed by atoms with van der Waals surface area (Å²) < 4.78 is 24.6. The van der Waals surface area contributed by atoms with Gasteiger partial charge in [-0.05, 0) is 12.5 Å². The van der Waals surface area contributed by atoms with Crippen LogP contribution in [-0.2, 0) is 10.0 Å². The Morgan fingerprint density at radius 3 is 2.50 bits per heavy atom. The summed E-state index contributed by atoms with van der Waals surface area (Å²) in [7, 11) is -3.35. The highest BCUT2D eigenvalue weighted by Gasteiger charge is 1.94. The second-order valence-electron chi connectivity index (χ2n) is 3.16. The van der Waals surface area contributed by atoms with Gasteiger partial charge >= 0.3 is 0 Å². The topological polar surface area (TPSA) is 70.9 Å². The number of nitrogens with zero attached hydrogens (tertiary/aromatic N) is 2. The SMILES string of the molecule is C/C(=N/N/C=N/S(C)(=O)=O)c1ccccc1. The van der Waals surface area contributed by atoms with E-state index in [9.17, 15) is 8.42 Å². The second kappa shape index (κ2) is 5.41. The Kier molecular flexibility index (Phi) is 4.19. The summed E-state index contributed by atoms with van der Waals surface area (Å²) >= 11 is 0. The third-order valence-electron chi connectivity index (χ3n) is 1.73. The second-order valence-corrected chi connectivity index (χ2v) is 4.84. The molecular formula is C10H13N3O2S. The lowest BCUT2D eigenvalue weighted by Gasteiger charge is -1.98. The third-order valence-corrected chi connectivity index (χ3v) is 2.21. The van der Waals surface area contributed by atoms with Gasteiger partial charge < -0.3 is 0 Å². The van der Waals surface area contributed by atoms with Gasteiger partial charge in [0.2, 0.25) is 0 Å². The Hall–Kier alpha value is -1.69. The summed E-state index contributed by atoms with van der Waals surface area (Å²) in [4.78, 5) is 0. The number of sulfonamides is 1. The van der Waals surface area contributed by atoms with Crippen LogP contribution in [0.25, 0.3) is 0 Å². The first kappa shape index (κ1) is 12.4. The van der Waals surface area contributed by atoms with Gasteiger partial charge in [-0.2, -0.15) is 9.50 Å². The van der Waals surface area contributed by atoms with Crippen molar-refractivity contribution in [2.75, 3.05) is 6.26 Å². The van der Waals surface area contributed by atoms with E-state index in [1.165, 1.54) is 0 Å². The van der Waals surface area contributed by atoms with Crippen LogP contribution in [0.2, 0.25) is 0 Å². The summed E-state index contributed by atoms with van der Waals surface area (Å²) in [5.41, 5.74) is 4.17. The molecule has 0 unspecified atom stereocenters. The van der Waals surface area contributed by atoms with Gasteiger partial charge in [0.1, 0.15) is 6.34 Å². The van der Waals surface area contributed by atoms with Crippen molar-refractivity contribution >= 4 is 22.1 Å². The van der Waals surface area contributed by atoms with Gasteiger partial charge in [-0.15, -0.1) is 0 Å². The molecule has 1 aromatic carbocycles. The molecule has 1 rings (SSSR count). The molecular weight excluding hydrogens is 226 g/mol. The molecule has 0 heterocycles. The van der Waals surface area contributed by atoms with Gasteiger partial charge in [0.15, 0.2) is 0 Å². The van der Waals surface area contributed by atoms with Crippen LogP contribution in [0.5, 0.6) is 0 Å². The highest BCUT2D eigenvalue weighted by atomic mass is 32.2. The molecule has 0 bridgehead atoms. The van der Waals surface area contributed by atoms with Gasteiger partial charge in [0.05, 0.1) is 12.0 Å². The van der Waals surface area contributed by atoms with E-state index in [4.69, 9.17) is 0 Å². The summed E-state index contributed by atoms with van der Waals surface area (Å²) in [5.74, 6) is 0. The largest absolute Gasteiger partial charge is 0.267 e. The molecule has 1 aromatic rings. The molecule has 0 amide bonds. The van der Waals surface area contributed by atoms with Crippen LogP contribution < -0.4 is 5.43 Å². The fourth-order valence-electron chi connectivity index (χ4n) is 0.989. The Bertz CT molecular complexity index is 492. The van der Waals surface area contributed by atoms with Crippen LogP contribution in [-0.4, -0.2) is 26.7 Å². The monoisotopic (exact) mass is 239 g/mol. The van der Waals surface area contributed by atoms with E-state index in [2.05, 4.69) is 14.9 Å². The first-order chi connectivity index (χ1) is 7.49. The summed E-state index contributed by atoms with van der Waals surface area (Å²) in [6, 6.07) is 9.54. The molecule has 0 aliphatic heterocycles. The first-order valence-electron chi connectivity index (χ1n) is 4.58. The van der Waals surface area contributed by atoms with Crippen molar-refractivity contribution in [2.24, 2.45) is 9.50 Å². The maximum atomic E-state index is 10.7. The van der Waals surface area contributed by atoms with Crippen LogP contribution >= 0.6 is 0 Å². The first-order valence-corrected chi connectivity index (χ1v) is 6.43. The molecule has 0 atom stereocenters. The van der Waals surface area contributed by atoms with E-state index in [-0.39, 0.29) is 0 Å². The van der Waals surface area contributed by atoms with Crippen molar-refractivity contribution in [3.05, 3.63) is 35.9 Å². The average Bonchev–Trinajstić information content (AvgIpc) is 2.24. The molecule has 0 aliphatic carbocycles. The van der Waals surface area contributed by atoms with Gasteiger partial charge in [-0.3, -0.25) is 5.43 Å². The zero-order valence-corrected chi connectivity index (χ0v) is 9.90. The molecule has 0 aliphatic rings. The van der Waals surface area contributed by atoms with Gasteiger partial charge in [-0.1, -0.05) is 30.3 Å². The Morgan fingerprint density at radius 2 is 1.94 bits per heavy atom. The average molecular weight is 239 g/mol. The fraction of sp³-hybridized carbons (Fsp3) is 0.200. The lowest BCUT2D eigenvalue weighted by atomic mass is 10.1. The molecule has 5 nitrogen and oxygen atoms in total. The predicted molar refractivity (Wildman–Crippen MR) is 65.1 cm³/mol. The quantitative estimate of drug-likeness (QED) is 0.484. The Morgan fingerprint density at radius 1 is 1.31 bits per heavy atom. The van der Waals surface area contributed by atoms with Crippen molar-refractivity contribution in [3.8, 4) is 0 Å². The Balaban J connectivity index is 2.63. The van der Waals surface area contributed by atoms with E-state index in [0.717, 1.165) is 23.9 Å². The summed E-state index contributed by atoms with van der Waals surface area (Å²) in [6.45, 7) is 1.82. The number of nitrogens with one attached hydrogen (secondary N) is 1. The van der Waals surface area contributed by atoms with Crippen LogP contribution in [0.1, 0.15) is 12.5 Å². The number of hydrogen-bond donors (Lipinski definition) is 1. The van der Waals surface area contributed by atoms with E-state index in [1.807, 2.05) is 37.3 Å². The third kappa shape index (κ3) is 4.70. The van der Waals surface area contributed by atoms with Crippen molar-refractivity contribution < 1.29 is 8.42 Å². The van der Waals surface area contributed by atoms with Gasteiger partial charge in [0.25, 0.3) is 10.0 Å². The number of benzene rings is 1. The molecule has 86 valence electrons. The minimum absolute atomic E-state index is 0.751. The molecule has 0 radical (unpaired) electrons. The van der Waals surface area contributed by atoms with Crippen molar-refractivity contribution in [1.29, 1.82) is 0 Å². The molecule has 0 spiro atoms. The molecule has 0 saturated heterocycles. The Labute approximate surface area is 95.0 Å². The lowest BCUT2D eigenvalue weighted by molar-refractivity contribution is 0.603. The van der Waals surface area contributed by atoms with E-state index in [1.54, 1.807) is 0 Å². The minimum atomic E-state index is -3.35. The van der Waals surface area contributed by atoms with Crippen LogP contribution in [0.15, 0.2) is 39.8 Å². The molecule has 6 heteroatoms. The van der Waals surface area contributed by atoms with Gasteiger partial charge in [0, 0.05) is 0 Å². The van der Waals surface area contributed by atoms with Crippen molar-refractivity contribution in [1.82, 2.24) is 5.43 Å². The summed E-state index contributed by atoms with van der Waals surface area (Å²) in [6.07, 6.45) is 2.06. The van der Waals surface area contributed by atoms with E-state index in [0.29, 0.717) is 0 Å². The maximum Gasteiger partial charge on any atom is 0.251 e. The van der Waals surface area contributed by atoms with E-state index < -0.39 is 10.0 Å². The van der Waals surface area contributed by atoms with E-state index >= 15 is 0 Å². The normalized spacial score (nSPS) is 13.0. The zero-order valence-electron chi connectivity index (χ0n) is 9.08. The maximum absolute atomic E-state index is 10.7. The molecule has 16 heavy (non-hydrogen) atoms. The van der Waals surface area contributed by atoms with Crippen LogP contribution in [0.3, 0.4) is 0 Å². The minimum Gasteiger partial charge on any atom is -0.267 e. The predicted octanol–water partition coefficient (Wildman–Crippen LogP) is 0.988. The number of hydrogen-bond acceptors (Lipinski definition) is 3. The summed E-state index contributed by atoms with van der Waals surface area (Å²) in [5, 5.41) is 3.95. The fourth-order valence-corrected chi connectivity index (χ4v) is 1.23. The van der Waals surface area contributed by atoms with Gasteiger partial charge in [-0.25, -0.2) is 8.42 Å². The molecule has 1 N–H and O–H groups in total. The van der Waals surface area contributed by atoms with Crippen molar-refractivity contribution in [2.45, 2.75) is 6.92 Å². The van der Waals surface area contributed by atoms with Crippen LogP contribution in [0.4, 0.5) is 0 Å². The highest BCUT2D eigenvalue weighted by molar-refractivity contribution is 7.89. The van der Waals surface area contributed by atoms with Crippen molar-refractivity contribution in [3.63, 3.8) is 0 Å². The number of rotatable bonds is 4. The molecule has 0 aromatic heterocycles. The standard InChI is InChI=1S/C10H13N3O2S/c1-9(10-6-4-3-5-7-10)13-11-8-12-16(2,14)15/h3-8H,1-2H3,(H,11,12)/b13-9-. The molecule has 0 saturated carbocycles.